The molecule has 210 valence electrons. The second kappa shape index (κ2) is 11.9. The van der Waals surface area contributed by atoms with Gasteiger partial charge in [0, 0.05) is 12.5 Å². The van der Waals surface area contributed by atoms with Gasteiger partial charge in [0.25, 0.3) is 5.92 Å². The summed E-state index contributed by atoms with van der Waals surface area (Å²) in [6.45, 7) is -2.26. The molecule has 5 nitrogen and oxygen atoms in total. The Morgan fingerprint density at radius 2 is 1.51 bits per heavy atom. The van der Waals surface area contributed by atoms with Crippen LogP contribution in [0.5, 0.6) is 5.75 Å². The van der Waals surface area contributed by atoms with Crippen LogP contribution in [0.4, 0.5) is 39.9 Å². The van der Waals surface area contributed by atoms with E-state index in [1.807, 2.05) is 5.32 Å². The number of urea groups is 1. The first kappa shape index (κ1) is 29.7. The molecule has 0 saturated carbocycles. The van der Waals surface area contributed by atoms with Crippen molar-refractivity contribution < 1.29 is 44.7 Å². The van der Waals surface area contributed by atoms with E-state index in [4.69, 9.17) is 5.73 Å². The van der Waals surface area contributed by atoms with Crippen molar-refractivity contribution in [3.05, 3.63) is 101 Å². The van der Waals surface area contributed by atoms with Crippen molar-refractivity contribution in [1.82, 2.24) is 10.6 Å². The van der Waals surface area contributed by atoms with Crippen molar-refractivity contribution in [3.8, 4) is 5.75 Å². The summed E-state index contributed by atoms with van der Waals surface area (Å²) in [4.78, 5) is 12.9. The molecule has 3 rings (SSSR count). The lowest BCUT2D eigenvalue weighted by molar-refractivity contribution is -0.253. The Bertz CT molecular complexity index is 1260. The van der Waals surface area contributed by atoms with Gasteiger partial charge in [-0.3, -0.25) is 0 Å². The van der Waals surface area contributed by atoms with E-state index in [0.29, 0.717) is 11.6 Å². The zero-order valence-corrected chi connectivity index (χ0v) is 20.0. The van der Waals surface area contributed by atoms with E-state index in [2.05, 4.69) is 10.1 Å². The molecule has 0 spiro atoms. The van der Waals surface area contributed by atoms with Crippen molar-refractivity contribution in [2.75, 3.05) is 13.1 Å². The maximum absolute atomic E-state index is 14.7. The highest BCUT2D eigenvalue weighted by Gasteiger charge is 2.45. The van der Waals surface area contributed by atoms with Crippen LogP contribution in [0.2, 0.25) is 0 Å². The van der Waals surface area contributed by atoms with E-state index in [1.54, 1.807) is 30.3 Å². The van der Waals surface area contributed by atoms with Crippen LogP contribution in [0.15, 0.2) is 72.8 Å². The highest BCUT2D eigenvalue weighted by atomic mass is 19.3. The summed E-state index contributed by atoms with van der Waals surface area (Å²) in [6, 6.07) is 13.3. The van der Waals surface area contributed by atoms with Gasteiger partial charge in [0.15, 0.2) is 0 Å². The van der Waals surface area contributed by atoms with E-state index in [0.717, 1.165) is 24.3 Å². The zero-order valence-electron chi connectivity index (χ0n) is 20.0. The molecule has 0 fully saturated rings. The molecule has 3 aromatic carbocycles. The summed E-state index contributed by atoms with van der Waals surface area (Å²) in [5.74, 6) is -6.38. The molecule has 13 heteroatoms. The summed E-state index contributed by atoms with van der Waals surface area (Å²) in [5, 5.41) is 4.41. The van der Waals surface area contributed by atoms with Crippen LogP contribution in [0, 0.1) is 11.6 Å². The third-order valence-corrected chi connectivity index (χ3v) is 5.65. The minimum absolute atomic E-state index is 0.0747. The fourth-order valence-corrected chi connectivity index (χ4v) is 3.79. The SMILES string of the molecule is NCC(F)(F)CNC(=O)N[C@](Cc1ccccc1)(c1ccc(F)cc1)c1cc(F)cc(OC(F)(F)C(F)F)c1. The third kappa shape index (κ3) is 7.59. The van der Waals surface area contributed by atoms with E-state index < -0.39 is 60.5 Å². The smallest absolute Gasteiger partial charge is 0.428 e. The number of halogens is 8. The van der Waals surface area contributed by atoms with Gasteiger partial charge in [0.1, 0.15) is 17.4 Å². The molecule has 4 N–H and O–H groups in total. The fourth-order valence-electron chi connectivity index (χ4n) is 3.79. The Morgan fingerprint density at radius 1 is 0.872 bits per heavy atom. The average Bonchev–Trinajstić information content (AvgIpc) is 2.87. The second-order valence-electron chi connectivity index (χ2n) is 8.58. The van der Waals surface area contributed by atoms with E-state index >= 15 is 0 Å². The lowest BCUT2D eigenvalue weighted by Gasteiger charge is -2.37. The van der Waals surface area contributed by atoms with Crippen molar-refractivity contribution in [3.63, 3.8) is 0 Å². The number of carbonyl (C=O) groups excluding carboxylic acids is 1. The molecule has 39 heavy (non-hydrogen) atoms. The first-order valence-electron chi connectivity index (χ1n) is 11.4. The van der Waals surface area contributed by atoms with Gasteiger partial charge in [-0.1, -0.05) is 42.5 Å². The van der Waals surface area contributed by atoms with Crippen LogP contribution in [0.1, 0.15) is 16.7 Å². The number of ether oxygens (including phenoxy) is 1. The van der Waals surface area contributed by atoms with Crippen LogP contribution in [-0.4, -0.2) is 37.6 Å². The first-order valence-corrected chi connectivity index (χ1v) is 11.4. The number of benzene rings is 3. The van der Waals surface area contributed by atoms with Crippen molar-refractivity contribution >= 4 is 6.03 Å². The van der Waals surface area contributed by atoms with Crippen molar-refractivity contribution in [2.45, 2.75) is 30.4 Å². The molecule has 0 heterocycles. The number of carbonyl (C=O) groups is 1. The summed E-state index contributed by atoms with van der Waals surface area (Å²) in [5.41, 5.74) is 3.33. The Balaban J connectivity index is 2.20. The largest absolute Gasteiger partial charge is 0.461 e. The number of amides is 2. The molecule has 0 radical (unpaired) electrons. The number of nitrogens with one attached hydrogen (secondary N) is 2. The van der Waals surface area contributed by atoms with Gasteiger partial charge >= 0.3 is 18.6 Å². The van der Waals surface area contributed by atoms with Gasteiger partial charge in [-0.2, -0.15) is 17.6 Å². The molecule has 3 aromatic rings. The molecule has 0 aliphatic heterocycles. The molecule has 0 unspecified atom stereocenters. The lowest BCUT2D eigenvalue weighted by Crippen LogP contribution is -2.54. The van der Waals surface area contributed by atoms with Gasteiger partial charge < -0.3 is 21.1 Å². The van der Waals surface area contributed by atoms with Gasteiger partial charge in [0.05, 0.1) is 18.6 Å². The number of hydrogen-bond donors (Lipinski definition) is 3. The zero-order chi connectivity index (χ0) is 28.8. The van der Waals surface area contributed by atoms with Gasteiger partial charge in [-0.05, 0) is 41.0 Å². The predicted molar refractivity (Wildman–Crippen MR) is 126 cm³/mol. The van der Waals surface area contributed by atoms with Gasteiger partial charge in [-0.15, -0.1) is 0 Å². The summed E-state index contributed by atoms with van der Waals surface area (Å²) in [6.07, 6.45) is -9.47. The normalized spacial score (nSPS) is 13.6. The number of rotatable bonds is 11. The number of nitrogens with two attached hydrogens (primary N) is 1. The molecular formula is C26H23F8N3O2. The Kier molecular flexibility index (Phi) is 9.05. The van der Waals surface area contributed by atoms with Crippen LogP contribution in [0.25, 0.3) is 0 Å². The van der Waals surface area contributed by atoms with Crippen molar-refractivity contribution in [1.29, 1.82) is 0 Å². The molecule has 2 amide bonds. The molecule has 0 aliphatic rings. The molecule has 1 atom stereocenters. The Labute approximate surface area is 218 Å². The summed E-state index contributed by atoms with van der Waals surface area (Å²) >= 11 is 0. The average molecular weight is 561 g/mol. The minimum atomic E-state index is -4.98. The highest BCUT2D eigenvalue weighted by molar-refractivity contribution is 5.76. The summed E-state index contributed by atoms with van der Waals surface area (Å²) < 4.78 is 113. The first-order chi connectivity index (χ1) is 18.3. The maximum Gasteiger partial charge on any atom is 0.461 e. The van der Waals surface area contributed by atoms with Gasteiger partial charge in [-0.25, -0.2) is 22.4 Å². The predicted octanol–water partition coefficient (Wildman–Crippen LogP) is 5.58. The van der Waals surface area contributed by atoms with E-state index in [-0.39, 0.29) is 17.5 Å². The van der Waals surface area contributed by atoms with E-state index in [1.165, 1.54) is 12.1 Å². The van der Waals surface area contributed by atoms with Gasteiger partial charge in [0.2, 0.25) is 0 Å². The molecule has 0 aromatic heterocycles. The van der Waals surface area contributed by atoms with Crippen LogP contribution in [-0.2, 0) is 12.0 Å². The standard InChI is InChI=1S/C26H23F8N3O2/c27-19-8-6-17(7-9-19)25(13-16-4-2-1-3-5-16,37-23(38)36-15-24(31,32)14-35)18-10-20(28)12-21(11-18)39-26(33,34)22(29)30/h1-12,22H,13-15,35H2,(H2,36,37,38)/t25-/m1/s1. The molecule has 0 saturated heterocycles. The molecular weight excluding hydrogens is 538 g/mol. The number of alkyl halides is 6. The lowest BCUT2D eigenvalue weighted by atomic mass is 9.77. The van der Waals surface area contributed by atoms with Crippen molar-refractivity contribution in [2.24, 2.45) is 5.73 Å². The monoisotopic (exact) mass is 561 g/mol. The quantitative estimate of drug-likeness (QED) is 0.268. The third-order valence-electron chi connectivity index (χ3n) is 5.65. The maximum atomic E-state index is 14.7. The second-order valence-corrected chi connectivity index (χ2v) is 8.58. The Hall–Kier alpha value is -3.87. The summed E-state index contributed by atoms with van der Waals surface area (Å²) in [7, 11) is 0. The van der Waals surface area contributed by atoms with Crippen LogP contribution in [0.3, 0.4) is 0 Å². The highest BCUT2D eigenvalue weighted by Crippen LogP contribution is 2.38. The van der Waals surface area contributed by atoms with E-state index in [9.17, 15) is 39.9 Å². The topological polar surface area (TPSA) is 76.4 Å². The van der Waals surface area contributed by atoms with Crippen LogP contribution >= 0.6 is 0 Å². The fraction of sp³-hybridized carbons (Fsp3) is 0.269. The van der Waals surface area contributed by atoms with Crippen LogP contribution < -0.4 is 21.1 Å². The molecule has 0 aliphatic carbocycles. The molecule has 0 bridgehead atoms. The minimum Gasteiger partial charge on any atom is -0.428 e. The number of hydrogen-bond acceptors (Lipinski definition) is 3. The Morgan fingerprint density at radius 3 is 2.10 bits per heavy atom.